The van der Waals surface area contributed by atoms with Gasteiger partial charge in [0.05, 0.1) is 22.8 Å². The number of rotatable bonds is 3. The van der Waals surface area contributed by atoms with Crippen molar-refractivity contribution in [3.8, 4) is 5.75 Å². The molecule has 1 atom stereocenters. The predicted molar refractivity (Wildman–Crippen MR) is 102 cm³/mol. The van der Waals surface area contributed by atoms with E-state index in [1.54, 1.807) is 0 Å². The Morgan fingerprint density at radius 1 is 1.23 bits per heavy atom. The van der Waals surface area contributed by atoms with Gasteiger partial charge >= 0.3 is 6.03 Å². The Kier molecular flexibility index (Phi) is 3.83. The number of hydrogen-bond acceptors (Lipinski definition) is 3. The minimum absolute atomic E-state index is 0.252. The maximum absolute atomic E-state index is 12.5. The lowest BCUT2D eigenvalue weighted by Gasteiger charge is -2.19. The van der Waals surface area contributed by atoms with Gasteiger partial charge in [-0.15, -0.1) is 0 Å². The molecule has 2 heterocycles. The molecule has 1 aromatic heterocycles. The lowest BCUT2D eigenvalue weighted by Crippen LogP contribution is -2.32. The summed E-state index contributed by atoms with van der Waals surface area (Å²) in [5.41, 5.74) is 3.37. The summed E-state index contributed by atoms with van der Waals surface area (Å²) in [5, 5.41) is 5.82. The lowest BCUT2D eigenvalue weighted by molar-refractivity contribution is 0.139. The monoisotopic (exact) mass is 350 g/mol. The summed E-state index contributed by atoms with van der Waals surface area (Å²) in [6, 6.07) is 13.1. The van der Waals surface area contributed by atoms with Gasteiger partial charge in [-0.3, -0.25) is 0 Å². The number of aromatic nitrogens is 2. The van der Waals surface area contributed by atoms with Gasteiger partial charge in [-0.05, 0) is 39.0 Å². The molecule has 0 spiro atoms. The highest BCUT2D eigenvalue weighted by Crippen LogP contribution is 2.40. The highest BCUT2D eigenvalue weighted by molar-refractivity contribution is 5.91. The number of nitrogens with one attached hydrogen (secondary N) is 3. The van der Waals surface area contributed by atoms with E-state index in [0.29, 0.717) is 5.69 Å². The van der Waals surface area contributed by atoms with Gasteiger partial charge in [0.15, 0.2) is 0 Å². The molecule has 2 aromatic carbocycles. The minimum Gasteiger partial charge on any atom is -0.485 e. The number of amides is 2. The molecule has 0 unspecified atom stereocenters. The first kappa shape index (κ1) is 16.4. The van der Waals surface area contributed by atoms with E-state index in [2.05, 4.69) is 20.6 Å². The third-order valence-electron chi connectivity index (χ3n) is 4.50. The van der Waals surface area contributed by atoms with Crippen LogP contribution >= 0.6 is 0 Å². The van der Waals surface area contributed by atoms with Crippen LogP contribution in [0.3, 0.4) is 0 Å². The zero-order valence-corrected chi connectivity index (χ0v) is 15.1. The summed E-state index contributed by atoms with van der Waals surface area (Å²) in [6.07, 6.45) is 0.828. The zero-order chi connectivity index (χ0) is 18.3. The van der Waals surface area contributed by atoms with Crippen LogP contribution in [0.1, 0.15) is 38.2 Å². The largest absolute Gasteiger partial charge is 0.485 e. The van der Waals surface area contributed by atoms with Gasteiger partial charge < -0.3 is 20.4 Å². The number of fused-ring (bicyclic) bond motifs is 2. The smallest absolute Gasteiger partial charge is 0.319 e. The van der Waals surface area contributed by atoms with Crippen LogP contribution in [0.15, 0.2) is 42.5 Å². The average molecular weight is 350 g/mol. The van der Waals surface area contributed by atoms with Gasteiger partial charge in [0.1, 0.15) is 17.2 Å². The summed E-state index contributed by atoms with van der Waals surface area (Å²) in [5.74, 6) is 1.47. The minimum atomic E-state index is -0.292. The fraction of sp³-hybridized carbons (Fsp3) is 0.300. The van der Waals surface area contributed by atoms with Crippen LogP contribution in [0, 0.1) is 0 Å². The van der Waals surface area contributed by atoms with Crippen molar-refractivity contribution in [2.24, 2.45) is 0 Å². The molecule has 134 valence electrons. The molecule has 1 aliphatic heterocycles. The van der Waals surface area contributed by atoms with Crippen LogP contribution in [0.5, 0.6) is 5.75 Å². The first-order valence-corrected chi connectivity index (χ1v) is 8.74. The third kappa shape index (κ3) is 3.10. The van der Waals surface area contributed by atoms with Crippen LogP contribution < -0.4 is 15.4 Å². The number of imidazole rings is 1. The van der Waals surface area contributed by atoms with E-state index in [1.165, 1.54) is 0 Å². The topological polar surface area (TPSA) is 79.0 Å². The van der Waals surface area contributed by atoms with E-state index in [0.717, 1.165) is 34.6 Å². The van der Waals surface area contributed by atoms with E-state index < -0.39 is 0 Å². The highest BCUT2D eigenvalue weighted by atomic mass is 16.5. The number of aromatic amines is 1. The van der Waals surface area contributed by atoms with Gasteiger partial charge in [-0.1, -0.05) is 24.3 Å². The number of H-pyrrole nitrogens is 1. The molecule has 0 bridgehead atoms. The number of urea groups is 1. The molecule has 3 aromatic rings. The second-order valence-corrected chi connectivity index (χ2v) is 7.29. The number of hydrogen-bond donors (Lipinski definition) is 3. The molecule has 0 saturated heterocycles. The molecule has 0 aliphatic carbocycles. The Hall–Kier alpha value is -3.02. The molecular formula is C20H22N4O2. The third-order valence-corrected chi connectivity index (χ3v) is 4.50. The molecule has 1 aliphatic rings. The van der Waals surface area contributed by atoms with E-state index in [-0.39, 0.29) is 17.7 Å². The van der Waals surface area contributed by atoms with Crippen LogP contribution in [-0.4, -0.2) is 21.6 Å². The Morgan fingerprint density at radius 2 is 2.04 bits per heavy atom. The Morgan fingerprint density at radius 3 is 2.85 bits per heavy atom. The molecule has 26 heavy (non-hydrogen) atoms. The van der Waals surface area contributed by atoms with Gasteiger partial charge in [0.2, 0.25) is 0 Å². The Bertz CT molecular complexity index is 944. The van der Waals surface area contributed by atoms with Crippen molar-refractivity contribution in [3.63, 3.8) is 0 Å². The van der Waals surface area contributed by atoms with Crippen molar-refractivity contribution < 1.29 is 9.53 Å². The van der Waals surface area contributed by atoms with Gasteiger partial charge in [-0.2, -0.15) is 0 Å². The fourth-order valence-electron chi connectivity index (χ4n) is 3.32. The summed E-state index contributed by atoms with van der Waals surface area (Å²) in [4.78, 5) is 20.2. The second-order valence-electron chi connectivity index (χ2n) is 7.29. The summed E-state index contributed by atoms with van der Waals surface area (Å²) in [6.45, 7) is 5.98. The molecule has 0 radical (unpaired) electrons. The Labute approximate surface area is 152 Å². The molecule has 0 fully saturated rings. The quantitative estimate of drug-likeness (QED) is 0.664. The predicted octanol–water partition coefficient (Wildman–Crippen LogP) is 4.16. The van der Waals surface area contributed by atoms with Crippen molar-refractivity contribution in [2.45, 2.75) is 38.8 Å². The van der Waals surface area contributed by atoms with Gasteiger partial charge in [0.25, 0.3) is 0 Å². The normalized spacial score (nSPS) is 16.0. The lowest BCUT2D eigenvalue weighted by atomic mass is 10.0. The number of carbonyl (C=O) groups is 1. The van der Waals surface area contributed by atoms with E-state index in [4.69, 9.17) is 4.74 Å². The number of ether oxygens (including phenoxy) is 1. The molecule has 0 saturated carbocycles. The van der Waals surface area contributed by atoms with Crippen LogP contribution in [0.4, 0.5) is 10.5 Å². The van der Waals surface area contributed by atoms with Crippen molar-refractivity contribution in [1.82, 2.24) is 15.3 Å². The van der Waals surface area contributed by atoms with Gasteiger partial charge in [-0.25, -0.2) is 9.78 Å². The zero-order valence-electron chi connectivity index (χ0n) is 15.1. The van der Waals surface area contributed by atoms with Crippen molar-refractivity contribution >= 4 is 22.8 Å². The van der Waals surface area contributed by atoms with E-state index in [1.807, 2.05) is 63.2 Å². The number of benzene rings is 2. The number of anilines is 1. The number of para-hydroxylation sites is 3. The fourth-order valence-corrected chi connectivity index (χ4v) is 3.32. The second kappa shape index (κ2) is 6.05. The summed E-state index contributed by atoms with van der Waals surface area (Å²) < 4.78 is 5.99. The van der Waals surface area contributed by atoms with Gasteiger partial charge in [0, 0.05) is 12.0 Å². The highest BCUT2D eigenvalue weighted by Gasteiger charge is 2.32. The number of nitrogens with zero attached hydrogens (tertiary/aromatic N) is 1. The molecule has 6 nitrogen and oxygen atoms in total. The van der Waals surface area contributed by atoms with E-state index in [9.17, 15) is 4.79 Å². The Balaban J connectivity index is 1.47. The SMILES string of the molecule is C[C@@H](NC(=O)Nc1cccc2c1OC(C)(C)C2)c1nc2ccccc2[nH]1. The average Bonchev–Trinajstić information content (AvgIpc) is 3.14. The number of carbonyl (C=O) groups excluding carboxylic acids is 1. The van der Waals surface area contributed by atoms with E-state index >= 15 is 0 Å². The molecule has 4 rings (SSSR count). The molecule has 3 N–H and O–H groups in total. The molecule has 2 amide bonds. The first-order valence-electron chi connectivity index (χ1n) is 8.74. The van der Waals surface area contributed by atoms with Crippen molar-refractivity contribution in [2.75, 3.05) is 5.32 Å². The maximum Gasteiger partial charge on any atom is 0.319 e. The van der Waals surface area contributed by atoms with Crippen LogP contribution in [0.2, 0.25) is 0 Å². The molecule has 6 heteroatoms. The van der Waals surface area contributed by atoms with Crippen LogP contribution in [0.25, 0.3) is 11.0 Å². The van der Waals surface area contributed by atoms with Crippen molar-refractivity contribution in [1.29, 1.82) is 0 Å². The summed E-state index contributed by atoms with van der Waals surface area (Å²) >= 11 is 0. The summed E-state index contributed by atoms with van der Waals surface area (Å²) in [7, 11) is 0. The van der Waals surface area contributed by atoms with Crippen LogP contribution in [-0.2, 0) is 6.42 Å². The molecular weight excluding hydrogens is 328 g/mol. The van der Waals surface area contributed by atoms with Crippen molar-refractivity contribution in [3.05, 3.63) is 53.9 Å². The maximum atomic E-state index is 12.5. The standard InChI is InChI=1S/C20H22N4O2/c1-12(18-22-14-8-4-5-9-15(14)23-18)21-19(25)24-16-10-6-7-13-11-20(2,3)26-17(13)16/h4-10,12H,11H2,1-3H3,(H,22,23)(H2,21,24,25)/t12-/m1/s1. The first-order chi connectivity index (χ1) is 12.4.